The highest BCUT2D eigenvalue weighted by Crippen LogP contribution is 2.30. The van der Waals surface area contributed by atoms with Crippen LogP contribution in [0.2, 0.25) is 0 Å². The predicted molar refractivity (Wildman–Crippen MR) is 130 cm³/mol. The van der Waals surface area contributed by atoms with E-state index in [0.29, 0.717) is 30.2 Å². The van der Waals surface area contributed by atoms with Crippen molar-refractivity contribution in [3.05, 3.63) is 77.5 Å². The zero-order chi connectivity index (χ0) is 24.3. The van der Waals surface area contributed by atoms with Crippen LogP contribution in [0.15, 0.2) is 60.7 Å². The number of nitrogens with one attached hydrogen (secondary N) is 2. The molecule has 0 radical (unpaired) electrons. The van der Waals surface area contributed by atoms with E-state index >= 15 is 0 Å². The van der Waals surface area contributed by atoms with Crippen LogP contribution in [0.25, 0.3) is 0 Å². The molecule has 0 unspecified atom stereocenters. The lowest BCUT2D eigenvalue weighted by molar-refractivity contribution is 0.0633. The van der Waals surface area contributed by atoms with E-state index in [1.54, 1.807) is 44.9 Å². The fourth-order valence-electron chi connectivity index (χ4n) is 3.73. The Morgan fingerprint density at radius 1 is 0.971 bits per heavy atom. The minimum absolute atomic E-state index is 0.203. The van der Waals surface area contributed by atoms with Crippen LogP contribution >= 0.6 is 0 Å². The highest BCUT2D eigenvalue weighted by atomic mass is 16.6. The van der Waals surface area contributed by atoms with Crippen molar-refractivity contribution in [2.24, 2.45) is 0 Å². The maximum atomic E-state index is 13.4. The number of methoxy groups -OCH3 is 1. The largest absolute Gasteiger partial charge is 0.495 e. The Bertz CT molecular complexity index is 1190. The van der Waals surface area contributed by atoms with Gasteiger partial charge >= 0.3 is 6.09 Å². The molecule has 8 nitrogen and oxygen atoms in total. The number of amides is 2. The molecule has 2 heterocycles. The van der Waals surface area contributed by atoms with E-state index in [9.17, 15) is 9.59 Å². The summed E-state index contributed by atoms with van der Waals surface area (Å²) in [5.41, 5.74) is 3.06. The van der Waals surface area contributed by atoms with E-state index in [1.165, 1.54) is 0 Å². The van der Waals surface area contributed by atoms with Gasteiger partial charge in [0.1, 0.15) is 22.9 Å². The number of aromatic nitrogens is 1. The molecule has 1 aliphatic heterocycles. The van der Waals surface area contributed by atoms with Gasteiger partial charge in [-0.05, 0) is 50.1 Å². The molecule has 8 heteroatoms. The molecule has 0 bridgehead atoms. The average Bonchev–Trinajstić information content (AvgIpc) is 3.21. The van der Waals surface area contributed by atoms with Gasteiger partial charge in [0.05, 0.1) is 12.8 Å². The molecule has 1 aliphatic rings. The van der Waals surface area contributed by atoms with E-state index in [2.05, 4.69) is 15.6 Å². The fraction of sp³-hybridized carbons (Fsp3) is 0.269. The van der Waals surface area contributed by atoms with Crippen LogP contribution in [-0.2, 0) is 17.8 Å². The third kappa shape index (κ3) is 5.46. The Balaban J connectivity index is 1.64. The predicted octanol–water partition coefficient (Wildman–Crippen LogP) is 5.34. The number of anilines is 3. The lowest BCUT2D eigenvalue weighted by Gasteiger charge is -2.20. The molecule has 2 amide bonds. The minimum Gasteiger partial charge on any atom is -0.495 e. The van der Waals surface area contributed by atoms with Crippen LogP contribution in [0.1, 0.15) is 42.4 Å². The summed E-state index contributed by atoms with van der Waals surface area (Å²) in [6.07, 6.45) is -0.651. The number of ether oxygens (including phenoxy) is 2. The lowest BCUT2D eigenvalue weighted by atomic mass is 10.1. The number of pyridine rings is 1. The summed E-state index contributed by atoms with van der Waals surface area (Å²) >= 11 is 0. The number of hydrogen-bond donors (Lipinski definition) is 2. The molecule has 0 fully saturated rings. The molecule has 1 aromatic heterocycles. The summed E-state index contributed by atoms with van der Waals surface area (Å²) in [4.78, 5) is 31.9. The van der Waals surface area contributed by atoms with Crippen LogP contribution in [0.5, 0.6) is 5.75 Å². The van der Waals surface area contributed by atoms with Crippen molar-refractivity contribution in [1.29, 1.82) is 0 Å². The van der Waals surface area contributed by atoms with E-state index < -0.39 is 11.7 Å². The number of rotatable bonds is 5. The van der Waals surface area contributed by atoms with Crippen LogP contribution in [-0.4, -0.2) is 34.6 Å². The number of hydrogen-bond acceptors (Lipinski definition) is 6. The van der Waals surface area contributed by atoms with Crippen molar-refractivity contribution >= 4 is 29.2 Å². The van der Waals surface area contributed by atoms with E-state index in [4.69, 9.17) is 9.47 Å². The Morgan fingerprint density at radius 3 is 2.26 bits per heavy atom. The minimum atomic E-state index is -0.669. The van der Waals surface area contributed by atoms with Crippen molar-refractivity contribution in [1.82, 2.24) is 9.88 Å². The van der Waals surface area contributed by atoms with Crippen molar-refractivity contribution in [2.45, 2.75) is 39.5 Å². The van der Waals surface area contributed by atoms with E-state index in [-0.39, 0.29) is 17.4 Å². The Kier molecular flexibility index (Phi) is 6.40. The average molecular weight is 461 g/mol. The van der Waals surface area contributed by atoms with Crippen molar-refractivity contribution in [3.8, 4) is 5.75 Å². The zero-order valence-electron chi connectivity index (χ0n) is 19.7. The van der Waals surface area contributed by atoms with Crippen molar-refractivity contribution in [2.75, 3.05) is 17.7 Å². The van der Waals surface area contributed by atoms with Gasteiger partial charge in [0, 0.05) is 24.8 Å². The smallest absolute Gasteiger partial charge is 0.413 e. The second kappa shape index (κ2) is 9.43. The molecule has 0 saturated heterocycles. The normalized spacial score (nSPS) is 12.6. The maximum absolute atomic E-state index is 13.4. The summed E-state index contributed by atoms with van der Waals surface area (Å²) in [5, 5.41) is 5.90. The molecular weight excluding hydrogens is 432 g/mol. The molecule has 2 N–H and O–H groups in total. The topological polar surface area (TPSA) is 92.8 Å². The number of nitrogens with zero attached hydrogens (tertiary/aromatic N) is 2. The zero-order valence-corrected chi connectivity index (χ0v) is 19.7. The monoisotopic (exact) mass is 460 g/mol. The molecule has 4 rings (SSSR count). The third-order valence-corrected chi connectivity index (χ3v) is 5.19. The van der Waals surface area contributed by atoms with Gasteiger partial charge in [-0.25, -0.2) is 9.78 Å². The first-order valence-corrected chi connectivity index (χ1v) is 11.0. The second-order valence-corrected chi connectivity index (χ2v) is 9.01. The summed E-state index contributed by atoms with van der Waals surface area (Å²) in [6, 6.07) is 18.7. The standard InChI is InChI=1S/C26H28N4O4/c1-26(2,3)34-25(32)29-23-14-19(27-20-11-7-8-12-22(20)33-4)13-21(28-23)24(31)30-15-17-9-5-6-10-18(17)16-30/h5-14H,15-16H2,1-4H3,(H2,27,28,29,32). The maximum Gasteiger partial charge on any atom is 0.413 e. The number of para-hydroxylation sites is 2. The summed E-state index contributed by atoms with van der Waals surface area (Å²) in [5.74, 6) is 0.616. The molecule has 176 valence electrons. The molecule has 2 aromatic carbocycles. The van der Waals surface area contributed by atoms with E-state index in [0.717, 1.165) is 11.1 Å². The quantitative estimate of drug-likeness (QED) is 0.534. The van der Waals surface area contributed by atoms with Gasteiger partial charge in [0.2, 0.25) is 0 Å². The number of benzene rings is 2. The first-order valence-electron chi connectivity index (χ1n) is 11.0. The summed E-state index contributed by atoms with van der Waals surface area (Å²) in [6.45, 7) is 6.35. The Morgan fingerprint density at radius 2 is 1.62 bits per heavy atom. The molecule has 34 heavy (non-hydrogen) atoms. The molecular formula is C26H28N4O4. The number of carbonyl (C=O) groups excluding carboxylic acids is 2. The third-order valence-electron chi connectivity index (χ3n) is 5.19. The summed E-state index contributed by atoms with van der Waals surface area (Å²) < 4.78 is 10.8. The fourth-order valence-corrected chi connectivity index (χ4v) is 3.73. The van der Waals surface area contributed by atoms with Gasteiger partial charge in [-0.2, -0.15) is 0 Å². The van der Waals surface area contributed by atoms with Crippen LogP contribution in [0, 0.1) is 0 Å². The van der Waals surface area contributed by atoms with Gasteiger partial charge in [-0.1, -0.05) is 36.4 Å². The second-order valence-electron chi connectivity index (χ2n) is 9.01. The lowest BCUT2D eigenvalue weighted by Crippen LogP contribution is -2.29. The van der Waals surface area contributed by atoms with Crippen LogP contribution in [0.3, 0.4) is 0 Å². The highest BCUT2D eigenvalue weighted by molar-refractivity contribution is 5.95. The SMILES string of the molecule is COc1ccccc1Nc1cc(NC(=O)OC(C)(C)C)nc(C(=O)N2Cc3ccccc3C2)c1. The molecule has 0 aliphatic carbocycles. The Hall–Kier alpha value is -4.07. The van der Waals surface area contributed by atoms with E-state index in [1.807, 2.05) is 48.5 Å². The van der Waals surface area contributed by atoms with Gasteiger partial charge in [-0.3, -0.25) is 10.1 Å². The van der Waals surface area contributed by atoms with Gasteiger partial charge in [0.25, 0.3) is 5.91 Å². The number of carbonyl (C=O) groups is 2. The molecule has 0 spiro atoms. The van der Waals surface area contributed by atoms with Crippen molar-refractivity contribution < 1.29 is 19.1 Å². The van der Waals surface area contributed by atoms with Gasteiger partial charge in [-0.15, -0.1) is 0 Å². The number of fused-ring (bicyclic) bond motifs is 1. The first-order chi connectivity index (χ1) is 16.2. The van der Waals surface area contributed by atoms with Crippen molar-refractivity contribution in [3.63, 3.8) is 0 Å². The highest BCUT2D eigenvalue weighted by Gasteiger charge is 2.26. The first kappa shape index (κ1) is 23.1. The Labute approximate surface area is 198 Å². The van der Waals surface area contributed by atoms with Gasteiger partial charge < -0.3 is 19.7 Å². The molecule has 3 aromatic rings. The van der Waals surface area contributed by atoms with Crippen LogP contribution in [0.4, 0.5) is 22.0 Å². The molecule has 0 atom stereocenters. The van der Waals surface area contributed by atoms with Gasteiger partial charge in [0.15, 0.2) is 0 Å². The molecule has 0 saturated carbocycles. The van der Waals surface area contributed by atoms with Crippen LogP contribution < -0.4 is 15.4 Å². The summed E-state index contributed by atoms with van der Waals surface area (Å²) in [7, 11) is 1.59.